The van der Waals surface area contributed by atoms with Crippen LogP contribution in [0.5, 0.6) is 0 Å². The molecule has 0 aliphatic rings. The summed E-state index contributed by atoms with van der Waals surface area (Å²) < 4.78 is 8.22. The van der Waals surface area contributed by atoms with Crippen LogP contribution in [0.4, 0.5) is 0 Å². The van der Waals surface area contributed by atoms with Crippen molar-refractivity contribution in [1.29, 1.82) is 0 Å². The highest BCUT2D eigenvalue weighted by molar-refractivity contribution is 9.10. The molecule has 0 aromatic carbocycles. The summed E-state index contributed by atoms with van der Waals surface area (Å²) in [6.07, 6.45) is 2.98. The van der Waals surface area contributed by atoms with E-state index in [0.29, 0.717) is 6.61 Å². The standard InChI is InChI=1S/C13H25BrN4O/c1-5-6-15-12(10-17(2)3)13-11(14)9-16-18(13)7-8-19-4/h9,12,15H,5-8,10H2,1-4H3. The number of hydrogen-bond donors (Lipinski definition) is 1. The van der Waals surface area contributed by atoms with Gasteiger partial charge in [0.1, 0.15) is 0 Å². The van der Waals surface area contributed by atoms with Gasteiger partial charge < -0.3 is 15.0 Å². The van der Waals surface area contributed by atoms with E-state index in [9.17, 15) is 0 Å². The number of ether oxygens (including phenoxy) is 1. The minimum atomic E-state index is 0.267. The van der Waals surface area contributed by atoms with E-state index in [1.54, 1.807) is 7.11 Å². The summed E-state index contributed by atoms with van der Waals surface area (Å²) in [6.45, 7) is 5.56. The summed E-state index contributed by atoms with van der Waals surface area (Å²) in [6, 6.07) is 0.267. The molecule has 0 radical (unpaired) electrons. The van der Waals surface area contributed by atoms with Gasteiger partial charge >= 0.3 is 0 Å². The summed E-state index contributed by atoms with van der Waals surface area (Å²) in [5.74, 6) is 0. The maximum atomic E-state index is 5.15. The quantitative estimate of drug-likeness (QED) is 0.749. The van der Waals surface area contributed by atoms with E-state index in [2.05, 4.69) is 52.3 Å². The van der Waals surface area contributed by atoms with Crippen LogP contribution in [0.25, 0.3) is 0 Å². The van der Waals surface area contributed by atoms with Gasteiger partial charge in [-0.05, 0) is 43.0 Å². The highest BCUT2D eigenvalue weighted by Crippen LogP contribution is 2.24. The van der Waals surface area contributed by atoms with Crippen molar-refractivity contribution in [2.75, 3.05) is 40.9 Å². The molecule has 0 aliphatic carbocycles. The zero-order valence-corrected chi connectivity index (χ0v) is 13.9. The Morgan fingerprint density at radius 3 is 2.84 bits per heavy atom. The first kappa shape index (κ1) is 16.6. The summed E-state index contributed by atoms with van der Waals surface area (Å²) in [5.41, 5.74) is 1.19. The number of halogens is 1. The Morgan fingerprint density at radius 2 is 2.26 bits per heavy atom. The molecule has 110 valence electrons. The van der Waals surface area contributed by atoms with Gasteiger partial charge in [0.2, 0.25) is 0 Å². The van der Waals surface area contributed by atoms with E-state index in [1.807, 2.05) is 10.9 Å². The molecule has 0 fully saturated rings. The largest absolute Gasteiger partial charge is 0.383 e. The Hall–Kier alpha value is -0.430. The van der Waals surface area contributed by atoms with Gasteiger partial charge in [-0.2, -0.15) is 5.10 Å². The highest BCUT2D eigenvalue weighted by Gasteiger charge is 2.20. The monoisotopic (exact) mass is 332 g/mol. The van der Waals surface area contributed by atoms with Crippen molar-refractivity contribution < 1.29 is 4.74 Å². The molecule has 6 heteroatoms. The molecular weight excluding hydrogens is 308 g/mol. The van der Waals surface area contributed by atoms with Gasteiger partial charge in [-0.1, -0.05) is 6.92 Å². The number of likely N-dealkylation sites (N-methyl/N-ethyl adjacent to an activating group) is 1. The number of hydrogen-bond acceptors (Lipinski definition) is 4. The van der Waals surface area contributed by atoms with Gasteiger partial charge in [0.05, 0.1) is 35.6 Å². The van der Waals surface area contributed by atoms with Crippen LogP contribution in [0, 0.1) is 0 Å². The van der Waals surface area contributed by atoms with E-state index in [-0.39, 0.29) is 6.04 Å². The van der Waals surface area contributed by atoms with Crippen molar-refractivity contribution >= 4 is 15.9 Å². The summed E-state index contributed by atoms with van der Waals surface area (Å²) >= 11 is 3.61. The average Bonchev–Trinajstić information content (AvgIpc) is 2.73. The van der Waals surface area contributed by atoms with Crippen LogP contribution < -0.4 is 5.32 Å². The fraction of sp³-hybridized carbons (Fsp3) is 0.769. The van der Waals surface area contributed by atoms with Crippen molar-refractivity contribution in [3.63, 3.8) is 0 Å². The van der Waals surface area contributed by atoms with Crippen LogP contribution in [0.2, 0.25) is 0 Å². The number of nitrogens with zero attached hydrogens (tertiary/aromatic N) is 3. The van der Waals surface area contributed by atoms with Crippen LogP contribution in [-0.4, -0.2) is 55.6 Å². The Morgan fingerprint density at radius 1 is 1.53 bits per heavy atom. The van der Waals surface area contributed by atoms with Gasteiger partial charge in [-0.25, -0.2) is 0 Å². The smallest absolute Gasteiger partial charge is 0.0709 e. The zero-order chi connectivity index (χ0) is 14.3. The molecule has 1 unspecified atom stereocenters. The second kappa shape index (κ2) is 8.68. The van der Waals surface area contributed by atoms with Crippen molar-refractivity contribution in [2.24, 2.45) is 0 Å². The molecule has 0 saturated heterocycles. The van der Waals surface area contributed by atoms with Gasteiger partial charge in [0.15, 0.2) is 0 Å². The van der Waals surface area contributed by atoms with Crippen LogP contribution in [-0.2, 0) is 11.3 Å². The molecule has 1 N–H and O–H groups in total. The average molecular weight is 333 g/mol. The van der Waals surface area contributed by atoms with E-state index < -0.39 is 0 Å². The van der Waals surface area contributed by atoms with Crippen LogP contribution in [0.3, 0.4) is 0 Å². The molecule has 0 bridgehead atoms. The Labute approximate surface area is 124 Å². The third kappa shape index (κ3) is 5.22. The Balaban J connectivity index is 2.88. The SMILES string of the molecule is CCCNC(CN(C)C)c1c(Br)cnn1CCOC. The van der Waals surface area contributed by atoms with Crippen molar-refractivity contribution in [2.45, 2.75) is 25.9 Å². The van der Waals surface area contributed by atoms with E-state index >= 15 is 0 Å². The van der Waals surface area contributed by atoms with Crippen LogP contribution in [0.15, 0.2) is 10.7 Å². The summed E-state index contributed by atoms with van der Waals surface area (Å²) in [7, 11) is 5.89. The summed E-state index contributed by atoms with van der Waals surface area (Å²) in [4.78, 5) is 2.19. The molecule has 5 nitrogen and oxygen atoms in total. The van der Waals surface area contributed by atoms with Crippen molar-refractivity contribution in [3.8, 4) is 0 Å². The topological polar surface area (TPSA) is 42.3 Å². The van der Waals surface area contributed by atoms with Crippen molar-refractivity contribution in [3.05, 3.63) is 16.4 Å². The molecular formula is C13H25BrN4O. The second-order valence-electron chi connectivity index (χ2n) is 4.86. The maximum absolute atomic E-state index is 5.15. The molecule has 1 atom stereocenters. The molecule has 0 spiro atoms. The second-order valence-corrected chi connectivity index (χ2v) is 5.72. The number of rotatable bonds is 9. The Kier molecular flexibility index (Phi) is 7.60. The molecule has 1 rings (SSSR count). The summed E-state index contributed by atoms with van der Waals surface area (Å²) in [5, 5.41) is 8.01. The minimum Gasteiger partial charge on any atom is -0.383 e. The lowest BCUT2D eigenvalue weighted by Crippen LogP contribution is -2.33. The first-order chi connectivity index (χ1) is 9.10. The molecule has 1 aromatic rings. The first-order valence-electron chi connectivity index (χ1n) is 6.68. The van der Waals surface area contributed by atoms with Gasteiger partial charge in [0, 0.05) is 13.7 Å². The lowest BCUT2D eigenvalue weighted by Gasteiger charge is -2.24. The Bertz CT molecular complexity index is 368. The van der Waals surface area contributed by atoms with Crippen LogP contribution in [0.1, 0.15) is 25.1 Å². The van der Waals surface area contributed by atoms with E-state index in [1.165, 1.54) is 5.69 Å². The van der Waals surface area contributed by atoms with Gasteiger partial charge in [-0.3, -0.25) is 4.68 Å². The van der Waals surface area contributed by atoms with E-state index in [0.717, 1.165) is 30.5 Å². The first-order valence-corrected chi connectivity index (χ1v) is 7.47. The predicted octanol–water partition coefficient (Wildman–Crippen LogP) is 1.89. The van der Waals surface area contributed by atoms with Crippen LogP contribution >= 0.6 is 15.9 Å². The third-order valence-corrected chi connectivity index (χ3v) is 3.47. The molecule has 19 heavy (non-hydrogen) atoms. The normalized spacial score (nSPS) is 13.2. The molecule has 1 heterocycles. The number of nitrogens with one attached hydrogen (secondary N) is 1. The fourth-order valence-electron chi connectivity index (χ4n) is 2.01. The zero-order valence-electron chi connectivity index (χ0n) is 12.3. The maximum Gasteiger partial charge on any atom is 0.0709 e. The lowest BCUT2D eigenvalue weighted by molar-refractivity contribution is 0.181. The van der Waals surface area contributed by atoms with Gasteiger partial charge in [0.25, 0.3) is 0 Å². The highest BCUT2D eigenvalue weighted by atomic mass is 79.9. The predicted molar refractivity (Wildman–Crippen MR) is 81.4 cm³/mol. The molecule has 1 aromatic heterocycles. The van der Waals surface area contributed by atoms with E-state index in [4.69, 9.17) is 4.74 Å². The molecule has 0 amide bonds. The lowest BCUT2D eigenvalue weighted by atomic mass is 10.2. The molecule has 0 saturated carbocycles. The minimum absolute atomic E-state index is 0.267. The fourth-order valence-corrected chi connectivity index (χ4v) is 2.58. The number of methoxy groups -OCH3 is 1. The third-order valence-electron chi connectivity index (χ3n) is 2.86. The van der Waals surface area contributed by atoms with Gasteiger partial charge in [-0.15, -0.1) is 0 Å². The van der Waals surface area contributed by atoms with Crippen molar-refractivity contribution in [1.82, 2.24) is 20.0 Å². The number of aromatic nitrogens is 2. The molecule has 0 aliphatic heterocycles.